The molecule has 0 atom stereocenters. The maximum absolute atomic E-state index is 11.5. The van der Waals surface area contributed by atoms with E-state index in [4.69, 9.17) is 16.4 Å². The minimum Gasteiger partial charge on any atom is -0.289 e. The number of nitrogens with zero attached hydrogens (tertiary/aromatic N) is 2. The Morgan fingerprint density at radius 1 is 1.68 bits per heavy atom. The molecule has 0 saturated heterocycles. The number of nitrogens with one attached hydrogen (secondary N) is 1. The van der Waals surface area contributed by atoms with Gasteiger partial charge in [0.05, 0.1) is 12.3 Å². The zero-order valence-corrected chi connectivity index (χ0v) is 12.2. The van der Waals surface area contributed by atoms with Crippen molar-refractivity contribution in [1.29, 1.82) is 0 Å². The van der Waals surface area contributed by atoms with Crippen LogP contribution in [0.25, 0.3) is 11.0 Å². The number of thiazole rings is 1. The van der Waals surface area contributed by atoms with Crippen molar-refractivity contribution < 1.29 is 9.63 Å². The molecule has 19 heavy (non-hydrogen) atoms. The SMILES string of the molecule is CC(C)CONC(=O)/C=C/c1c(Cl)nc2sccn12. The van der Waals surface area contributed by atoms with E-state index in [9.17, 15) is 4.79 Å². The second-order valence-corrected chi connectivity index (χ2v) is 5.58. The van der Waals surface area contributed by atoms with Gasteiger partial charge in [-0.3, -0.25) is 14.0 Å². The molecule has 0 aliphatic rings. The second-order valence-electron chi connectivity index (χ2n) is 4.35. The average molecular weight is 300 g/mol. The molecule has 2 rings (SSSR count). The third-order valence-electron chi connectivity index (χ3n) is 2.24. The lowest BCUT2D eigenvalue weighted by atomic mass is 10.2. The second kappa shape index (κ2) is 6.18. The van der Waals surface area contributed by atoms with Crippen LogP contribution in [0.1, 0.15) is 19.5 Å². The highest BCUT2D eigenvalue weighted by Crippen LogP contribution is 2.22. The number of fused-ring (bicyclic) bond motifs is 1. The molecule has 2 aromatic rings. The minimum atomic E-state index is -0.332. The van der Waals surface area contributed by atoms with Crippen molar-refractivity contribution in [2.24, 2.45) is 5.92 Å². The summed E-state index contributed by atoms with van der Waals surface area (Å²) in [4.78, 5) is 21.5. The van der Waals surface area contributed by atoms with Gasteiger partial charge in [0.25, 0.3) is 5.91 Å². The maximum atomic E-state index is 11.5. The molecule has 0 fully saturated rings. The molecule has 0 aliphatic heterocycles. The van der Waals surface area contributed by atoms with Crippen molar-refractivity contribution >= 4 is 39.9 Å². The molecule has 5 nitrogen and oxygen atoms in total. The molecule has 0 aromatic carbocycles. The number of hydrogen-bond donors (Lipinski definition) is 1. The Morgan fingerprint density at radius 2 is 2.47 bits per heavy atom. The fraction of sp³-hybridized carbons (Fsp3) is 0.333. The van der Waals surface area contributed by atoms with Gasteiger partial charge in [-0.2, -0.15) is 0 Å². The summed E-state index contributed by atoms with van der Waals surface area (Å²) in [5, 5.41) is 2.28. The van der Waals surface area contributed by atoms with Gasteiger partial charge in [-0.1, -0.05) is 25.4 Å². The lowest BCUT2D eigenvalue weighted by Gasteiger charge is -2.05. The first-order valence-corrected chi connectivity index (χ1v) is 7.04. The Labute approximate surface area is 119 Å². The van der Waals surface area contributed by atoms with Crippen LogP contribution in [0.4, 0.5) is 0 Å². The fourth-order valence-corrected chi connectivity index (χ4v) is 2.40. The van der Waals surface area contributed by atoms with Crippen LogP contribution in [0, 0.1) is 5.92 Å². The van der Waals surface area contributed by atoms with Gasteiger partial charge < -0.3 is 0 Å². The number of halogens is 1. The summed E-state index contributed by atoms with van der Waals surface area (Å²) in [5.41, 5.74) is 3.02. The number of hydrogen-bond acceptors (Lipinski definition) is 4. The van der Waals surface area contributed by atoms with Crippen LogP contribution in [0.2, 0.25) is 5.15 Å². The molecular weight excluding hydrogens is 286 g/mol. The number of hydroxylamine groups is 1. The van der Waals surface area contributed by atoms with Crippen LogP contribution in [0.5, 0.6) is 0 Å². The topological polar surface area (TPSA) is 55.6 Å². The highest BCUT2D eigenvalue weighted by atomic mass is 35.5. The molecule has 1 N–H and O–H groups in total. The first-order chi connectivity index (χ1) is 9.08. The van der Waals surface area contributed by atoms with Crippen molar-refractivity contribution in [2.45, 2.75) is 13.8 Å². The number of imidazole rings is 1. The molecule has 102 valence electrons. The molecular formula is C12H14ClN3O2S. The molecule has 0 bridgehead atoms. The zero-order valence-electron chi connectivity index (χ0n) is 10.6. The number of aromatic nitrogens is 2. The predicted molar refractivity (Wildman–Crippen MR) is 76.0 cm³/mol. The van der Waals surface area contributed by atoms with E-state index in [1.165, 1.54) is 17.4 Å². The smallest absolute Gasteiger partial charge is 0.267 e. The molecule has 2 heterocycles. The van der Waals surface area contributed by atoms with Crippen molar-refractivity contribution in [3.8, 4) is 0 Å². The molecule has 0 saturated carbocycles. The number of carbonyl (C=O) groups is 1. The van der Waals surface area contributed by atoms with E-state index < -0.39 is 0 Å². The lowest BCUT2D eigenvalue weighted by molar-refractivity contribution is -0.129. The molecule has 0 unspecified atom stereocenters. The monoisotopic (exact) mass is 299 g/mol. The first-order valence-electron chi connectivity index (χ1n) is 5.79. The molecule has 0 radical (unpaired) electrons. The van der Waals surface area contributed by atoms with Gasteiger partial charge in [-0.15, -0.1) is 11.3 Å². The van der Waals surface area contributed by atoms with Crippen LogP contribution in [0.15, 0.2) is 17.7 Å². The van der Waals surface area contributed by atoms with Crippen molar-refractivity contribution in [2.75, 3.05) is 6.61 Å². The zero-order chi connectivity index (χ0) is 13.8. The van der Waals surface area contributed by atoms with Crippen LogP contribution in [-0.2, 0) is 9.63 Å². The van der Waals surface area contributed by atoms with Crippen LogP contribution < -0.4 is 5.48 Å². The molecule has 7 heteroatoms. The standard InChI is InChI=1S/C12H14ClN3O2S/c1-8(2)7-18-15-10(17)4-3-9-11(13)14-12-16(9)5-6-19-12/h3-6,8H,7H2,1-2H3,(H,15,17)/b4-3+. The average Bonchev–Trinajstić information content (AvgIpc) is 2.87. The summed E-state index contributed by atoms with van der Waals surface area (Å²) >= 11 is 7.48. The summed E-state index contributed by atoms with van der Waals surface area (Å²) < 4.78 is 1.83. The Balaban J connectivity index is 2.00. The number of carbonyl (C=O) groups excluding carboxylic acids is 1. The van der Waals surface area contributed by atoms with E-state index in [0.717, 1.165) is 4.96 Å². The minimum absolute atomic E-state index is 0.332. The third-order valence-corrected chi connectivity index (χ3v) is 3.27. The summed E-state index contributed by atoms with van der Waals surface area (Å²) in [6.07, 6.45) is 4.84. The van der Waals surface area contributed by atoms with E-state index >= 15 is 0 Å². The van der Waals surface area contributed by atoms with Crippen molar-refractivity contribution in [1.82, 2.24) is 14.9 Å². The highest BCUT2D eigenvalue weighted by Gasteiger charge is 2.08. The summed E-state index contributed by atoms with van der Waals surface area (Å²) in [7, 11) is 0. The number of rotatable bonds is 5. The van der Waals surface area contributed by atoms with E-state index in [-0.39, 0.29) is 5.91 Å². The molecule has 0 spiro atoms. The van der Waals surface area contributed by atoms with Crippen LogP contribution in [-0.4, -0.2) is 21.9 Å². The quantitative estimate of drug-likeness (QED) is 0.682. The largest absolute Gasteiger partial charge is 0.289 e. The van der Waals surface area contributed by atoms with Gasteiger partial charge in [0.2, 0.25) is 0 Å². The molecule has 1 amide bonds. The summed E-state index contributed by atoms with van der Waals surface area (Å²) in [5.74, 6) is 0.0286. The third kappa shape index (κ3) is 3.56. The van der Waals surface area contributed by atoms with Crippen LogP contribution in [0.3, 0.4) is 0 Å². The maximum Gasteiger partial charge on any atom is 0.267 e. The van der Waals surface area contributed by atoms with Crippen LogP contribution >= 0.6 is 22.9 Å². The molecule has 2 aromatic heterocycles. The lowest BCUT2D eigenvalue weighted by Crippen LogP contribution is -2.23. The molecule has 0 aliphatic carbocycles. The predicted octanol–water partition coefficient (Wildman–Crippen LogP) is 2.77. The Hall–Kier alpha value is -1.37. The highest BCUT2D eigenvalue weighted by molar-refractivity contribution is 7.15. The van der Waals surface area contributed by atoms with E-state index in [1.807, 2.05) is 29.8 Å². The first kappa shape index (κ1) is 14.0. The van der Waals surface area contributed by atoms with Gasteiger partial charge >= 0.3 is 0 Å². The Kier molecular flexibility index (Phi) is 4.57. The van der Waals surface area contributed by atoms with Crippen molar-refractivity contribution in [3.63, 3.8) is 0 Å². The van der Waals surface area contributed by atoms with E-state index in [2.05, 4.69) is 10.5 Å². The summed E-state index contributed by atoms with van der Waals surface area (Å²) in [6, 6.07) is 0. The van der Waals surface area contributed by atoms with Gasteiger partial charge in [0, 0.05) is 17.7 Å². The fourth-order valence-electron chi connectivity index (χ4n) is 1.39. The van der Waals surface area contributed by atoms with Crippen molar-refractivity contribution in [3.05, 3.63) is 28.5 Å². The van der Waals surface area contributed by atoms with Gasteiger partial charge in [0.1, 0.15) is 0 Å². The normalized spacial score (nSPS) is 11.8. The van der Waals surface area contributed by atoms with E-state index in [0.29, 0.717) is 23.4 Å². The van der Waals surface area contributed by atoms with Gasteiger partial charge in [0.15, 0.2) is 10.1 Å². The number of amides is 1. The Bertz CT molecular complexity index is 603. The van der Waals surface area contributed by atoms with E-state index in [1.54, 1.807) is 6.08 Å². The van der Waals surface area contributed by atoms with Gasteiger partial charge in [-0.25, -0.2) is 10.5 Å². The Morgan fingerprint density at radius 3 is 3.21 bits per heavy atom. The summed E-state index contributed by atoms with van der Waals surface area (Å²) in [6.45, 7) is 4.48. The van der Waals surface area contributed by atoms with Gasteiger partial charge in [-0.05, 0) is 12.0 Å².